The van der Waals surface area contributed by atoms with E-state index in [2.05, 4.69) is 26.8 Å². The van der Waals surface area contributed by atoms with Crippen molar-refractivity contribution in [2.45, 2.75) is 57.9 Å². The van der Waals surface area contributed by atoms with Gasteiger partial charge >= 0.3 is 6.09 Å². The van der Waals surface area contributed by atoms with Crippen LogP contribution in [0.15, 0.2) is 0 Å². The molecular weight excluding hydrogens is 426 g/mol. The molecule has 2 aliphatic rings. The number of nitrogens with zero attached hydrogens (tertiary/aromatic N) is 4. The number of imidazole rings is 1. The third-order valence-corrected chi connectivity index (χ3v) is 6.61. The lowest BCUT2D eigenvalue weighted by Crippen LogP contribution is -2.23. The largest absolute Gasteiger partial charge is 0.411 e. The first kappa shape index (κ1) is 23.4. The first-order valence-electron chi connectivity index (χ1n) is 11.7. The molecule has 2 fully saturated rings. The fraction of sp³-hybridized carbons (Fsp3) is 0.682. The van der Waals surface area contributed by atoms with Gasteiger partial charge in [0.05, 0.1) is 12.3 Å². The van der Waals surface area contributed by atoms with Gasteiger partial charge in [-0.1, -0.05) is 19.8 Å². The highest BCUT2D eigenvalue weighted by molar-refractivity contribution is 5.96. The molecular formula is C22H33N7O4. The fourth-order valence-corrected chi connectivity index (χ4v) is 4.82. The summed E-state index contributed by atoms with van der Waals surface area (Å²) in [6, 6.07) is 0. The Morgan fingerprint density at radius 2 is 1.94 bits per heavy atom. The molecule has 3 heterocycles. The number of ether oxygens (including phenoxy) is 2. The van der Waals surface area contributed by atoms with Gasteiger partial charge in [-0.2, -0.15) is 4.98 Å². The molecule has 0 bridgehead atoms. The number of aromatic nitrogens is 4. The molecule has 2 aromatic heterocycles. The van der Waals surface area contributed by atoms with Crippen molar-refractivity contribution in [2.75, 3.05) is 31.7 Å². The van der Waals surface area contributed by atoms with Gasteiger partial charge in [-0.05, 0) is 37.5 Å². The van der Waals surface area contributed by atoms with Gasteiger partial charge in [0.15, 0.2) is 5.65 Å². The predicted molar refractivity (Wildman–Crippen MR) is 122 cm³/mol. The van der Waals surface area contributed by atoms with E-state index in [-0.39, 0.29) is 18.3 Å². The molecule has 1 saturated carbocycles. The van der Waals surface area contributed by atoms with Crippen LogP contribution in [-0.4, -0.2) is 63.0 Å². The number of fused-ring (bicyclic) bond motifs is 1. The van der Waals surface area contributed by atoms with E-state index in [0.29, 0.717) is 37.3 Å². The highest BCUT2D eigenvalue weighted by Gasteiger charge is 2.28. The second-order valence-corrected chi connectivity index (χ2v) is 9.06. The van der Waals surface area contributed by atoms with Crippen LogP contribution in [0.1, 0.15) is 62.9 Å². The summed E-state index contributed by atoms with van der Waals surface area (Å²) in [7, 11) is 0. The van der Waals surface area contributed by atoms with E-state index in [1.807, 2.05) is 0 Å². The quantitative estimate of drug-likeness (QED) is 0.362. The Kier molecular flexibility index (Phi) is 7.39. The minimum absolute atomic E-state index is 0.0207. The summed E-state index contributed by atoms with van der Waals surface area (Å²) in [6.07, 6.45) is 5.24. The van der Waals surface area contributed by atoms with E-state index >= 15 is 0 Å². The normalized spacial score (nSPS) is 21.8. The smallest absolute Gasteiger partial charge is 0.395 e. The number of primary amides is 1. The number of nitrogens with two attached hydrogens (primary N) is 1. The molecule has 1 aliphatic heterocycles. The summed E-state index contributed by atoms with van der Waals surface area (Å²) in [6.45, 7) is 4.68. The lowest BCUT2D eigenvalue weighted by atomic mass is 9.83. The molecule has 0 radical (unpaired) electrons. The van der Waals surface area contributed by atoms with E-state index < -0.39 is 12.0 Å². The van der Waals surface area contributed by atoms with Crippen molar-refractivity contribution in [1.29, 1.82) is 5.41 Å². The zero-order valence-electron chi connectivity index (χ0n) is 19.0. The standard InChI is InChI=1S/C22H33N7O4/c1-13-2-4-14(5-3-13)12-29-17-16(15-6-10-32-11-7-15)26-20(18(23)33-21(24)31)27-19(17)28-22(29)25-8-9-30/h13-15,23,30H,2-12H2,1H3,(H2,24,31)(H,25,26,27,28). The second-order valence-electron chi connectivity index (χ2n) is 9.06. The Hall–Kier alpha value is -2.79. The van der Waals surface area contributed by atoms with Crippen LogP contribution in [0.4, 0.5) is 10.7 Å². The maximum Gasteiger partial charge on any atom is 0.411 e. The Morgan fingerprint density at radius 1 is 1.21 bits per heavy atom. The zero-order valence-corrected chi connectivity index (χ0v) is 19.0. The highest BCUT2D eigenvalue weighted by atomic mass is 16.6. The summed E-state index contributed by atoms with van der Waals surface area (Å²) in [5.41, 5.74) is 7.14. The molecule has 180 valence electrons. The average Bonchev–Trinajstić information content (AvgIpc) is 3.15. The number of aliphatic hydroxyl groups excluding tert-OH is 1. The molecule has 11 nitrogen and oxygen atoms in total. The van der Waals surface area contributed by atoms with Crippen LogP contribution < -0.4 is 11.1 Å². The van der Waals surface area contributed by atoms with Crippen molar-refractivity contribution in [2.24, 2.45) is 17.6 Å². The lowest BCUT2D eigenvalue weighted by Gasteiger charge is -2.28. The number of anilines is 1. The third kappa shape index (κ3) is 5.41. The molecule has 4 rings (SSSR count). The van der Waals surface area contributed by atoms with Crippen molar-refractivity contribution in [3.63, 3.8) is 0 Å². The van der Waals surface area contributed by atoms with Crippen molar-refractivity contribution in [1.82, 2.24) is 19.5 Å². The zero-order chi connectivity index (χ0) is 23.4. The highest BCUT2D eigenvalue weighted by Crippen LogP contribution is 2.35. The first-order chi connectivity index (χ1) is 16.0. The van der Waals surface area contributed by atoms with Crippen LogP contribution >= 0.6 is 0 Å². The number of carbonyl (C=O) groups is 1. The van der Waals surface area contributed by atoms with Gasteiger partial charge in [0.2, 0.25) is 11.8 Å². The van der Waals surface area contributed by atoms with Crippen molar-refractivity contribution < 1.29 is 19.4 Å². The molecule has 0 aromatic carbocycles. The van der Waals surface area contributed by atoms with Crippen molar-refractivity contribution >= 4 is 29.1 Å². The van der Waals surface area contributed by atoms with Crippen LogP contribution in [0, 0.1) is 17.2 Å². The van der Waals surface area contributed by atoms with Crippen molar-refractivity contribution in [3.8, 4) is 0 Å². The summed E-state index contributed by atoms with van der Waals surface area (Å²) >= 11 is 0. The monoisotopic (exact) mass is 459 g/mol. The Labute approximate surface area is 192 Å². The van der Waals surface area contributed by atoms with E-state index in [1.165, 1.54) is 12.8 Å². The minimum atomic E-state index is -1.08. The summed E-state index contributed by atoms with van der Waals surface area (Å²) in [4.78, 5) is 25.0. The number of hydrogen-bond donors (Lipinski definition) is 4. The maximum atomic E-state index is 11.2. The first-order valence-corrected chi connectivity index (χ1v) is 11.7. The number of carbonyl (C=O) groups excluding carboxylic acids is 1. The number of rotatable bonds is 7. The van der Waals surface area contributed by atoms with Gasteiger partial charge in [0.25, 0.3) is 5.90 Å². The van der Waals surface area contributed by atoms with E-state index in [1.54, 1.807) is 0 Å². The molecule has 0 unspecified atom stereocenters. The van der Waals surface area contributed by atoms with Crippen LogP contribution in [0.25, 0.3) is 11.2 Å². The molecule has 2 aromatic rings. The van der Waals surface area contributed by atoms with E-state index in [0.717, 1.165) is 49.4 Å². The Bertz CT molecular complexity index is 994. The van der Waals surface area contributed by atoms with Gasteiger partial charge in [-0.15, -0.1) is 0 Å². The van der Waals surface area contributed by atoms with E-state index in [4.69, 9.17) is 25.6 Å². The van der Waals surface area contributed by atoms with Crippen LogP contribution in [0.2, 0.25) is 0 Å². The van der Waals surface area contributed by atoms with Crippen LogP contribution in [0.5, 0.6) is 0 Å². The molecule has 1 saturated heterocycles. The molecule has 0 atom stereocenters. The van der Waals surface area contributed by atoms with Gasteiger partial charge in [0.1, 0.15) is 5.52 Å². The van der Waals surface area contributed by atoms with E-state index in [9.17, 15) is 9.90 Å². The number of hydrogen-bond acceptors (Lipinski definition) is 9. The Morgan fingerprint density at radius 3 is 2.61 bits per heavy atom. The lowest BCUT2D eigenvalue weighted by molar-refractivity contribution is 0.0847. The van der Waals surface area contributed by atoms with Crippen LogP contribution in [-0.2, 0) is 16.0 Å². The Balaban J connectivity index is 1.80. The SMILES string of the molecule is CC1CCC(Cn2c(NCCO)nc3nc(C(=N)OC(N)=O)nc(C4CCOCC4)c32)CC1. The maximum absolute atomic E-state index is 11.2. The molecule has 0 spiro atoms. The average molecular weight is 460 g/mol. The molecule has 1 amide bonds. The summed E-state index contributed by atoms with van der Waals surface area (Å²) in [5.74, 6) is 1.49. The minimum Gasteiger partial charge on any atom is -0.395 e. The topological polar surface area (TPSA) is 161 Å². The number of aliphatic hydroxyl groups is 1. The second kappa shape index (κ2) is 10.4. The fourth-order valence-electron chi connectivity index (χ4n) is 4.82. The third-order valence-electron chi connectivity index (χ3n) is 6.61. The number of nitrogens with one attached hydrogen (secondary N) is 2. The molecule has 33 heavy (non-hydrogen) atoms. The molecule has 5 N–H and O–H groups in total. The van der Waals surface area contributed by atoms with Crippen LogP contribution in [0.3, 0.4) is 0 Å². The molecule has 1 aliphatic carbocycles. The molecule has 11 heteroatoms. The van der Waals surface area contributed by atoms with Gasteiger partial charge in [-0.25, -0.2) is 14.8 Å². The summed E-state index contributed by atoms with van der Waals surface area (Å²) in [5, 5.41) is 20.7. The predicted octanol–water partition coefficient (Wildman–Crippen LogP) is 2.37. The van der Waals surface area contributed by atoms with Gasteiger partial charge in [0, 0.05) is 32.2 Å². The van der Waals surface area contributed by atoms with Crippen molar-refractivity contribution in [3.05, 3.63) is 11.5 Å². The number of amides is 1. The summed E-state index contributed by atoms with van der Waals surface area (Å²) < 4.78 is 12.4. The van der Waals surface area contributed by atoms with Gasteiger partial charge in [-0.3, -0.25) is 5.41 Å². The van der Waals surface area contributed by atoms with Gasteiger partial charge < -0.3 is 30.2 Å².